The van der Waals surface area contributed by atoms with E-state index in [1.165, 1.54) is 12.1 Å². The molecule has 24 heavy (non-hydrogen) atoms. The highest BCUT2D eigenvalue weighted by Gasteiger charge is 2.27. The molecule has 0 unspecified atom stereocenters. The molecule has 0 spiro atoms. The number of carbonyl (C=O) groups excluding carboxylic acids is 2. The fourth-order valence-corrected chi connectivity index (χ4v) is 3.03. The summed E-state index contributed by atoms with van der Waals surface area (Å²) in [5.41, 5.74) is 2.54. The van der Waals surface area contributed by atoms with Crippen LogP contribution in [0.2, 0.25) is 0 Å². The Bertz CT molecular complexity index is 776. The number of aryl methyl sites for hydroxylation is 2. The zero-order chi connectivity index (χ0) is 17.3. The first-order valence-electron chi connectivity index (χ1n) is 7.96. The summed E-state index contributed by atoms with van der Waals surface area (Å²) < 4.78 is 13.8. The quantitative estimate of drug-likeness (QED) is 0.920. The van der Waals surface area contributed by atoms with Crippen molar-refractivity contribution in [2.24, 2.45) is 0 Å². The topological polar surface area (TPSA) is 56.4 Å². The van der Waals surface area contributed by atoms with Gasteiger partial charge in [-0.15, -0.1) is 0 Å². The van der Waals surface area contributed by atoms with Crippen molar-refractivity contribution in [3.05, 3.63) is 58.7 Å². The van der Waals surface area contributed by atoms with Gasteiger partial charge in [-0.1, -0.05) is 12.1 Å². The van der Waals surface area contributed by atoms with E-state index >= 15 is 0 Å². The third kappa shape index (κ3) is 3.04. The van der Waals surface area contributed by atoms with Gasteiger partial charge in [0.25, 0.3) is 11.8 Å². The molecule has 0 bridgehead atoms. The van der Waals surface area contributed by atoms with Crippen molar-refractivity contribution in [3.8, 4) is 0 Å². The van der Waals surface area contributed by atoms with Crippen molar-refractivity contribution in [2.75, 3.05) is 26.2 Å². The number of benzene rings is 1. The van der Waals surface area contributed by atoms with Gasteiger partial charge in [0.05, 0.1) is 11.1 Å². The minimum atomic E-state index is -0.514. The monoisotopic (exact) mass is 329 g/mol. The van der Waals surface area contributed by atoms with E-state index in [1.54, 1.807) is 21.9 Å². The van der Waals surface area contributed by atoms with E-state index in [4.69, 9.17) is 0 Å². The molecule has 2 amide bonds. The SMILES string of the molecule is Cc1cc(C(=O)N2CCN(C(=O)c3ccccc3F)CC2)c(C)[nH]1. The molecule has 126 valence electrons. The highest BCUT2D eigenvalue weighted by atomic mass is 19.1. The van der Waals surface area contributed by atoms with Crippen LogP contribution in [-0.2, 0) is 0 Å². The zero-order valence-corrected chi connectivity index (χ0v) is 13.8. The standard InChI is InChI=1S/C18H20FN3O2/c1-12-11-15(13(2)20-12)18(24)22-9-7-21(8-10-22)17(23)14-5-3-4-6-16(14)19/h3-6,11,20H,7-10H2,1-2H3. The van der Waals surface area contributed by atoms with Gasteiger partial charge in [0.15, 0.2) is 0 Å². The largest absolute Gasteiger partial charge is 0.362 e. The molecular formula is C18H20FN3O2. The maximum absolute atomic E-state index is 13.8. The predicted molar refractivity (Wildman–Crippen MR) is 88.5 cm³/mol. The summed E-state index contributed by atoms with van der Waals surface area (Å²) >= 11 is 0. The summed E-state index contributed by atoms with van der Waals surface area (Å²) in [6.45, 7) is 5.49. The minimum Gasteiger partial charge on any atom is -0.362 e. The number of halogens is 1. The van der Waals surface area contributed by atoms with E-state index in [-0.39, 0.29) is 17.4 Å². The first-order valence-corrected chi connectivity index (χ1v) is 7.96. The number of hydrogen-bond acceptors (Lipinski definition) is 2. The van der Waals surface area contributed by atoms with Gasteiger partial charge < -0.3 is 14.8 Å². The predicted octanol–water partition coefficient (Wildman–Crippen LogP) is 2.37. The Kier molecular flexibility index (Phi) is 4.38. The number of nitrogens with one attached hydrogen (secondary N) is 1. The molecule has 6 heteroatoms. The fourth-order valence-electron chi connectivity index (χ4n) is 3.03. The summed E-state index contributed by atoms with van der Waals surface area (Å²) in [4.78, 5) is 31.4. The molecule has 1 saturated heterocycles. The van der Waals surface area contributed by atoms with E-state index in [1.807, 2.05) is 19.9 Å². The van der Waals surface area contributed by atoms with Crippen molar-refractivity contribution in [1.82, 2.24) is 14.8 Å². The van der Waals surface area contributed by atoms with Gasteiger partial charge in [-0.3, -0.25) is 9.59 Å². The van der Waals surface area contributed by atoms with Crippen LogP contribution in [0.3, 0.4) is 0 Å². The van der Waals surface area contributed by atoms with E-state index in [9.17, 15) is 14.0 Å². The Hall–Kier alpha value is -2.63. The summed E-state index contributed by atoms with van der Waals surface area (Å²) in [5, 5.41) is 0. The second-order valence-corrected chi connectivity index (χ2v) is 6.06. The molecule has 1 fully saturated rings. The maximum atomic E-state index is 13.8. The molecule has 0 atom stereocenters. The normalized spacial score (nSPS) is 14.8. The lowest BCUT2D eigenvalue weighted by molar-refractivity contribution is 0.0532. The molecule has 0 aliphatic carbocycles. The van der Waals surface area contributed by atoms with Crippen molar-refractivity contribution in [2.45, 2.75) is 13.8 Å². The molecule has 5 nitrogen and oxygen atoms in total. The van der Waals surface area contributed by atoms with E-state index < -0.39 is 5.82 Å². The number of hydrogen-bond donors (Lipinski definition) is 1. The summed E-state index contributed by atoms with van der Waals surface area (Å²) in [5.74, 6) is -0.872. The lowest BCUT2D eigenvalue weighted by Gasteiger charge is -2.34. The molecule has 1 N–H and O–H groups in total. The van der Waals surface area contributed by atoms with Crippen LogP contribution in [0.25, 0.3) is 0 Å². The lowest BCUT2D eigenvalue weighted by Crippen LogP contribution is -2.50. The highest BCUT2D eigenvalue weighted by Crippen LogP contribution is 2.16. The van der Waals surface area contributed by atoms with Crippen LogP contribution in [0.1, 0.15) is 32.1 Å². The Morgan fingerprint density at radius 1 is 0.958 bits per heavy atom. The van der Waals surface area contributed by atoms with Crippen LogP contribution < -0.4 is 0 Å². The van der Waals surface area contributed by atoms with Crippen LogP contribution in [-0.4, -0.2) is 52.8 Å². The fraction of sp³-hybridized carbons (Fsp3) is 0.333. The number of rotatable bonds is 2. The number of piperazine rings is 1. The number of H-pyrrole nitrogens is 1. The van der Waals surface area contributed by atoms with Crippen molar-refractivity contribution >= 4 is 11.8 Å². The van der Waals surface area contributed by atoms with Gasteiger partial charge in [0.2, 0.25) is 0 Å². The number of amides is 2. The van der Waals surface area contributed by atoms with Crippen molar-refractivity contribution in [3.63, 3.8) is 0 Å². The second kappa shape index (κ2) is 6.47. The second-order valence-electron chi connectivity index (χ2n) is 6.06. The Morgan fingerprint density at radius 2 is 1.50 bits per heavy atom. The molecular weight excluding hydrogens is 309 g/mol. The summed E-state index contributed by atoms with van der Waals surface area (Å²) in [6.07, 6.45) is 0. The van der Waals surface area contributed by atoms with Gasteiger partial charge in [0, 0.05) is 37.6 Å². The van der Waals surface area contributed by atoms with E-state index in [0.29, 0.717) is 31.7 Å². The number of aromatic amines is 1. The number of carbonyl (C=O) groups is 2. The molecule has 2 aromatic rings. The van der Waals surface area contributed by atoms with Gasteiger partial charge in [0.1, 0.15) is 5.82 Å². The average molecular weight is 329 g/mol. The third-order valence-corrected chi connectivity index (χ3v) is 4.34. The smallest absolute Gasteiger partial charge is 0.256 e. The van der Waals surface area contributed by atoms with Gasteiger partial charge in [-0.25, -0.2) is 4.39 Å². The minimum absolute atomic E-state index is 0.0326. The van der Waals surface area contributed by atoms with Crippen molar-refractivity contribution < 1.29 is 14.0 Å². The molecule has 0 radical (unpaired) electrons. The van der Waals surface area contributed by atoms with Gasteiger partial charge in [-0.2, -0.15) is 0 Å². The van der Waals surface area contributed by atoms with Crippen molar-refractivity contribution in [1.29, 1.82) is 0 Å². The Labute approximate surface area is 140 Å². The Morgan fingerprint density at radius 3 is 2.00 bits per heavy atom. The van der Waals surface area contributed by atoms with E-state index in [0.717, 1.165) is 11.4 Å². The maximum Gasteiger partial charge on any atom is 0.256 e. The van der Waals surface area contributed by atoms with Crippen LogP contribution in [0.5, 0.6) is 0 Å². The van der Waals surface area contributed by atoms with Gasteiger partial charge in [-0.05, 0) is 32.0 Å². The van der Waals surface area contributed by atoms with Crippen LogP contribution >= 0.6 is 0 Å². The molecule has 1 aromatic carbocycles. The first kappa shape index (κ1) is 16.2. The number of aromatic nitrogens is 1. The molecule has 1 aromatic heterocycles. The van der Waals surface area contributed by atoms with Crippen LogP contribution in [0, 0.1) is 19.7 Å². The van der Waals surface area contributed by atoms with Crippen LogP contribution in [0.15, 0.2) is 30.3 Å². The molecule has 2 heterocycles. The molecule has 1 aliphatic heterocycles. The zero-order valence-electron chi connectivity index (χ0n) is 13.8. The molecule has 3 rings (SSSR count). The summed E-state index contributed by atoms with van der Waals surface area (Å²) in [7, 11) is 0. The van der Waals surface area contributed by atoms with E-state index in [2.05, 4.69) is 4.98 Å². The summed E-state index contributed by atoms with van der Waals surface area (Å²) in [6, 6.07) is 7.82. The highest BCUT2D eigenvalue weighted by molar-refractivity contribution is 5.96. The first-order chi connectivity index (χ1) is 11.5. The number of nitrogens with zero attached hydrogens (tertiary/aromatic N) is 2. The Balaban J connectivity index is 1.66. The lowest BCUT2D eigenvalue weighted by atomic mass is 10.1. The molecule has 0 saturated carbocycles. The van der Waals surface area contributed by atoms with Gasteiger partial charge >= 0.3 is 0 Å². The third-order valence-electron chi connectivity index (χ3n) is 4.34. The van der Waals surface area contributed by atoms with Crippen LogP contribution in [0.4, 0.5) is 4.39 Å². The molecule has 1 aliphatic rings. The average Bonchev–Trinajstić information content (AvgIpc) is 2.92.